The third-order valence-corrected chi connectivity index (χ3v) is 5.17. The van der Waals surface area contributed by atoms with Gasteiger partial charge in [-0.1, -0.05) is 18.2 Å². The van der Waals surface area contributed by atoms with E-state index in [1.54, 1.807) is 42.5 Å². The highest BCUT2D eigenvalue weighted by atomic mass is 16.6. The van der Waals surface area contributed by atoms with Crippen LogP contribution in [0, 0.1) is 20.2 Å². The number of benzene rings is 3. The lowest BCUT2D eigenvalue weighted by Crippen LogP contribution is -2.05. The monoisotopic (exact) mass is 520 g/mol. The maximum Gasteiger partial charge on any atom is 0.336 e. The Morgan fingerprint density at radius 3 is 2.03 bits per heavy atom. The smallest absolute Gasteiger partial charge is 0.336 e. The minimum absolute atomic E-state index is 0.171. The first-order valence-corrected chi connectivity index (χ1v) is 11.3. The number of nitro groups is 2. The molecule has 0 spiro atoms. The quantitative estimate of drug-likeness (QED) is 0.0776. The SMILES string of the molecule is CCOc1ccc(/C=C/C(=O)Oc2ccc(/C=C\c3ccc([N+](=O)[O-])cc3[N+](=O)[O-])cc2OC)cc1OC. The molecule has 0 aliphatic carbocycles. The molecule has 0 bridgehead atoms. The average Bonchev–Trinajstić information content (AvgIpc) is 2.91. The minimum atomic E-state index is -0.699. The van der Waals surface area contributed by atoms with Gasteiger partial charge in [-0.05, 0) is 60.5 Å². The number of nitro benzene ring substituents is 2. The summed E-state index contributed by atoms with van der Waals surface area (Å²) in [5.41, 5.74) is 0.704. The van der Waals surface area contributed by atoms with Crippen LogP contribution >= 0.6 is 0 Å². The Bertz CT molecular complexity index is 1410. The molecule has 0 N–H and O–H groups in total. The highest BCUT2D eigenvalue weighted by Crippen LogP contribution is 2.31. The molecule has 38 heavy (non-hydrogen) atoms. The van der Waals surface area contributed by atoms with E-state index in [1.807, 2.05) is 6.92 Å². The zero-order valence-corrected chi connectivity index (χ0v) is 20.8. The topological polar surface area (TPSA) is 140 Å². The van der Waals surface area contributed by atoms with Gasteiger partial charge in [-0.2, -0.15) is 0 Å². The lowest BCUT2D eigenvalue weighted by Gasteiger charge is -2.10. The molecular weight excluding hydrogens is 496 g/mol. The highest BCUT2D eigenvalue weighted by Gasteiger charge is 2.18. The Morgan fingerprint density at radius 2 is 1.42 bits per heavy atom. The number of carbonyl (C=O) groups excluding carboxylic acids is 1. The highest BCUT2D eigenvalue weighted by molar-refractivity contribution is 5.89. The van der Waals surface area contributed by atoms with Gasteiger partial charge in [0.1, 0.15) is 0 Å². The molecule has 3 aromatic carbocycles. The molecule has 0 saturated heterocycles. The molecule has 0 unspecified atom stereocenters. The molecule has 0 radical (unpaired) electrons. The summed E-state index contributed by atoms with van der Waals surface area (Å²) in [5.74, 6) is 0.921. The van der Waals surface area contributed by atoms with Crippen molar-refractivity contribution in [2.45, 2.75) is 6.92 Å². The molecule has 11 heteroatoms. The number of hydrogen-bond acceptors (Lipinski definition) is 9. The Balaban J connectivity index is 1.75. The van der Waals surface area contributed by atoms with E-state index in [9.17, 15) is 25.0 Å². The second-order valence-corrected chi connectivity index (χ2v) is 7.60. The number of methoxy groups -OCH3 is 2. The van der Waals surface area contributed by atoms with Crippen LogP contribution in [0.5, 0.6) is 23.0 Å². The van der Waals surface area contributed by atoms with E-state index < -0.39 is 21.5 Å². The molecule has 3 rings (SSSR count). The molecule has 0 heterocycles. The van der Waals surface area contributed by atoms with Crippen LogP contribution in [-0.2, 0) is 4.79 Å². The molecule has 0 aliphatic heterocycles. The van der Waals surface area contributed by atoms with E-state index in [-0.39, 0.29) is 22.7 Å². The van der Waals surface area contributed by atoms with Gasteiger partial charge in [0.25, 0.3) is 11.4 Å². The van der Waals surface area contributed by atoms with Crippen LogP contribution in [0.2, 0.25) is 0 Å². The molecule has 0 saturated carbocycles. The fraction of sp³-hybridized carbons (Fsp3) is 0.148. The van der Waals surface area contributed by atoms with Crippen LogP contribution in [0.3, 0.4) is 0 Å². The lowest BCUT2D eigenvalue weighted by atomic mass is 10.1. The summed E-state index contributed by atoms with van der Waals surface area (Å²) in [7, 11) is 2.93. The largest absolute Gasteiger partial charge is 0.493 e. The normalized spacial score (nSPS) is 10.9. The summed E-state index contributed by atoms with van der Waals surface area (Å²) in [6.07, 6.45) is 5.86. The summed E-state index contributed by atoms with van der Waals surface area (Å²) in [4.78, 5) is 33.3. The number of ether oxygens (including phenoxy) is 4. The van der Waals surface area contributed by atoms with Gasteiger partial charge in [0, 0.05) is 12.1 Å². The first-order chi connectivity index (χ1) is 18.2. The molecule has 0 aliphatic rings. The molecule has 0 aromatic heterocycles. The van der Waals surface area contributed by atoms with Crippen molar-refractivity contribution in [3.63, 3.8) is 0 Å². The van der Waals surface area contributed by atoms with E-state index in [1.165, 1.54) is 44.6 Å². The third-order valence-electron chi connectivity index (χ3n) is 5.17. The number of esters is 1. The molecular formula is C27H24N2O9. The van der Waals surface area contributed by atoms with Gasteiger partial charge < -0.3 is 18.9 Å². The second-order valence-electron chi connectivity index (χ2n) is 7.60. The van der Waals surface area contributed by atoms with Crippen LogP contribution in [0.15, 0.2) is 60.7 Å². The van der Waals surface area contributed by atoms with Gasteiger partial charge in [0.2, 0.25) is 0 Å². The van der Waals surface area contributed by atoms with Crippen molar-refractivity contribution in [3.8, 4) is 23.0 Å². The van der Waals surface area contributed by atoms with Crippen LogP contribution < -0.4 is 18.9 Å². The summed E-state index contributed by atoms with van der Waals surface area (Å²) in [6, 6.07) is 13.4. The maximum absolute atomic E-state index is 12.4. The van der Waals surface area contributed by atoms with Gasteiger partial charge in [-0.3, -0.25) is 20.2 Å². The molecule has 0 amide bonds. The van der Waals surface area contributed by atoms with E-state index >= 15 is 0 Å². The van der Waals surface area contributed by atoms with Crippen molar-refractivity contribution < 1.29 is 33.6 Å². The summed E-state index contributed by atoms with van der Waals surface area (Å²) >= 11 is 0. The van der Waals surface area contributed by atoms with Crippen molar-refractivity contribution in [1.82, 2.24) is 0 Å². The third kappa shape index (κ3) is 6.94. The Hall–Kier alpha value is -5.19. The van der Waals surface area contributed by atoms with Crippen molar-refractivity contribution >= 4 is 35.6 Å². The summed E-state index contributed by atoms with van der Waals surface area (Å²) in [5, 5.41) is 22.3. The molecule has 3 aromatic rings. The zero-order valence-electron chi connectivity index (χ0n) is 20.8. The number of carbonyl (C=O) groups is 1. The predicted molar refractivity (Wildman–Crippen MR) is 141 cm³/mol. The zero-order chi connectivity index (χ0) is 27.7. The van der Waals surface area contributed by atoms with Crippen LogP contribution in [0.25, 0.3) is 18.2 Å². The first kappa shape index (κ1) is 27.4. The Labute approximate surface area is 217 Å². The number of non-ortho nitro benzene ring substituents is 1. The Morgan fingerprint density at radius 1 is 0.789 bits per heavy atom. The van der Waals surface area contributed by atoms with Crippen molar-refractivity contribution in [2.24, 2.45) is 0 Å². The van der Waals surface area contributed by atoms with Crippen LogP contribution in [0.1, 0.15) is 23.6 Å². The maximum atomic E-state index is 12.4. The second kappa shape index (κ2) is 12.7. The standard InChI is InChI=1S/C27H24N2O9/c1-4-37-23-12-6-19(15-25(23)35-2)8-14-27(30)38-24-13-7-18(16-26(24)36-3)5-9-20-10-11-21(28(31)32)17-22(20)29(33)34/h5-17H,4H2,1-3H3/b9-5-,14-8+. The van der Waals surface area contributed by atoms with E-state index in [2.05, 4.69) is 0 Å². The predicted octanol–water partition coefficient (Wildman–Crippen LogP) is 5.71. The fourth-order valence-electron chi connectivity index (χ4n) is 3.37. The van der Waals surface area contributed by atoms with E-state index in [0.717, 1.165) is 6.07 Å². The molecule has 11 nitrogen and oxygen atoms in total. The van der Waals surface area contributed by atoms with Gasteiger partial charge in [0.05, 0.1) is 42.3 Å². The van der Waals surface area contributed by atoms with Crippen LogP contribution in [-0.4, -0.2) is 36.6 Å². The van der Waals surface area contributed by atoms with Gasteiger partial charge in [0.15, 0.2) is 23.0 Å². The van der Waals surface area contributed by atoms with Gasteiger partial charge in [-0.25, -0.2) is 4.79 Å². The summed E-state index contributed by atoms with van der Waals surface area (Å²) < 4.78 is 21.5. The average molecular weight is 520 g/mol. The lowest BCUT2D eigenvalue weighted by molar-refractivity contribution is -0.394. The van der Waals surface area contributed by atoms with Crippen molar-refractivity contribution in [3.05, 3.63) is 97.6 Å². The van der Waals surface area contributed by atoms with E-state index in [0.29, 0.717) is 29.2 Å². The number of nitrogens with zero attached hydrogens (tertiary/aromatic N) is 2. The molecule has 0 fully saturated rings. The number of rotatable bonds is 11. The van der Waals surface area contributed by atoms with Crippen molar-refractivity contribution in [1.29, 1.82) is 0 Å². The molecule has 0 atom stereocenters. The molecule has 196 valence electrons. The van der Waals surface area contributed by atoms with Crippen LogP contribution in [0.4, 0.5) is 11.4 Å². The fourth-order valence-corrected chi connectivity index (χ4v) is 3.37. The van der Waals surface area contributed by atoms with Gasteiger partial charge in [-0.15, -0.1) is 0 Å². The number of hydrogen-bond donors (Lipinski definition) is 0. The van der Waals surface area contributed by atoms with Crippen molar-refractivity contribution in [2.75, 3.05) is 20.8 Å². The summed E-state index contributed by atoms with van der Waals surface area (Å²) in [6.45, 7) is 2.36. The van der Waals surface area contributed by atoms with Gasteiger partial charge >= 0.3 is 5.97 Å². The minimum Gasteiger partial charge on any atom is -0.493 e. The Kier molecular flexibility index (Phi) is 9.14. The first-order valence-electron chi connectivity index (χ1n) is 11.3. The van der Waals surface area contributed by atoms with E-state index in [4.69, 9.17) is 18.9 Å².